The van der Waals surface area contributed by atoms with Gasteiger partial charge in [-0.15, -0.1) is 0 Å². The summed E-state index contributed by atoms with van der Waals surface area (Å²) in [6, 6.07) is -0.559. The van der Waals surface area contributed by atoms with E-state index in [0.29, 0.717) is 43.3 Å². The van der Waals surface area contributed by atoms with E-state index in [1.165, 1.54) is 64.2 Å². The predicted octanol–water partition coefficient (Wildman–Crippen LogP) is 8.14. The summed E-state index contributed by atoms with van der Waals surface area (Å²) in [6.45, 7) is 15.8. The van der Waals surface area contributed by atoms with Gasteiger partial charge in [0.25, 0.3) is 5.56 Å². The first-order valence-corrected chi connectivity index (χ1v) is 19.3. The van der Waals surface area contributed by atoms with Crippen LogP contribution in [0.15, 0.2) is 4.79 Å². The van der Waals surface area contributed by atoms with Crippen molar-refractivity contribution < 1.29 is 23.9 Å². The quantitative estimate of drug-likeness (QED) is 0.0761. The van der Waals surface area contributed by atoms with Gasteiger partial charge in [-0.1, -0.05) is 98.8 Å². The third kappa shape index (κ3) is 17.1. The van der Waals surface area contributed by atoms with Gasteiger partial charge in [-0.05, 0) is 62.7 Å². The topological polar surface area (TPSA) is 164 Å². The number of ether oxygens (including phenoxy) is 2. The number of amides is 4. The Balaban J connectivity index is 1.89. The molecule has 0 radical (unpaired) electrons. The molecule has 286 valence electrons. The van der Waals surface area contributed by atoms with Crippen molar-refractivity contribution in [1.29, 1.82) is 0 Å². The third-order valence-corrected chi connectivity index (χ3v) is 9.69. The molecular weight excluding hydrogens is 636 g/mol. The number of urea groups is 1. The van der Waals surface area contributed by atoms with Gasteiger partial charge in [-0.3, -0.25) is 10.1 Å². The van der Waals surface area contributed by atoms with E-state index in [-0.39, 0.29) is 41.9 Å². The molecule has 0 saturated heterocycles. The molecule has 12 nitrogen and oxygen atoms in total. The van der Waals surface area contributed by atoms with Gasteiger partial charge in [-0.25, -0.2) is 14.4 Å². The van der Waals surface area contributed by atoms with Gasteiger partial charge in [0.05, 0.1) is 13.2 Å². The third-order valence-electron chi connectivity index (χ3n) is 9.69. The molecule has 1 aliphatic rings. The molecule has 1 aromatic heterocycles. The van der Waals surface area contributed by atoms with E-state index in [2.05, 4.69) is 65.9 Å². The maximum Gasteiger partial charge on any atom is 0.407 e. The van der Waals surface area contributed by atoms with Crippen LogP contribution in [0.4, 0.5) is 20.3 Å². The molecule has 2 rings (SSSR count). The Labute approximate surface area is 300 Å². The highest BCUT2D eigenvalue weighted by Gasteiger charge is 2.42. The number of alkyl carbamates (subject to hydrolysis) is 2. The first kappa shape index (κ1) is 42.9. The van der Waals surface area contributed by atoms with Crippen LogP contribution in [0.5, 0.6) is 0 Å². The summed E-state index contributed by atoms with van der Waals surface area (Å²) in [4.78, 5) is 57.0. The lowest BCUT2D eigenvalue weighted by atomic mass is 9.62. The molecule has 1 saturated carbocycles. The Morgan fingerprint density at radius 2 is 1.52 bits per heavy atom. The van der Waals surface area contributed by atoms with Crippen LogP contribution >= 0.6 is 0 Å². The molecule has 1 heterocycles. The van der Waals surface area contributed by atoms with Crippen molar-refractivity contribution in [2.75, 3.05) is 31.6 Å². The summed E-state index contributed by atoms with van der Waals surface area (Å²) in [6.07, 6.45) is 16.4. The fourth-order valence-electron chi connectivity index (χ4n) is 7.51. The van der Waals surface area contributed by atoms with E-state index < -0.39 is 17.7 Å². The number of hydrogen-bond acceptors (Lipinski definition) is 7. The zero-order valence-corrected chi connectivity index (χ0v) is 32.2. The Bertz CT molecular complexity index is 1240. The molecule has 3 unspecified atom stereocenters. The molecule has 1 aliphatic carbocycles. The number of carbonyl (C=O) groups is 3. The van der Waals surface area contributed by atoms with E-state index in [0.717, 1.165) is 25.7 Å². The summed E-state index contributed by atoms with van der Waals surface area (Å²) < 4.78 is 10.9. The summed E-state index contributed by atoms with van der Waals surface area (Å²) >= 11 is 0. The molecule has 50 heavy (non-hydrogen) atoms. The Morgan fingerprint density at radius 3 is 2.16 bits per heavy atom. The number of H-pyrrole nitrogens is 1. The van der Waals surface area contributed by atoms with Gasteiger partial charge < -0.3 is 30.4 Å². The highest BCUT2D eigenvalue weighted by molar-refractivity contribution is 5.87. The zero-order chi connectivity index (χ0) is 37.0. The number of hydrogen-bond donors (Lipinski definition) is 5. The predicted molar refractivity (Wildman–Crippen MR) is 200 cm³/mol. The number of anilines is 1. The fourth-order valence-corrected chi connectivity index (χ4v) is 7.51. The first-order chi connectivity index (χ1) is 23.8. The number of rotatable bonds is 22. The van der Waals surface area contributed by atoms with E-state index in [1.807, 2.05) is 0 Å². The van der Waals surface area contributed by atoms with Gasteiger partial charge in [0, 0.05) is 36.8 Å². The molecule has 0 spiro atoms. The minimum absolute atomic E-state index is 0.0338. The number of aromatic nitrogens is 2. The SMILES string of the molecule is CCCCCCCCC(CCCCCC)COC(=O)NC1CC(C)(C)CC(C)(CNC(=O)Nc2nc(=O)c(CCOC(=O)NCC)c(C)[nH]2)C1. The fraction of sp³-hybridized carbons (Fsp3) is 0.816. The van der Waals surface area contributed by atoms with Crippen LogP contribution in [0, 0.1) is 23.7 Å². The van der Waals surface area contributed by atoms with Crippen LogP contribution in [-0.2, 0) is 15.9 Å². The second-order valence-corrected chi connectivity index (χ2v) is 15.5. The smallest absolute Gasteiger partial charge is 0.407 e. The zero-order valence-electron chi connectivity index (χ0n) is 32.2. The molecule has 1 fully saturated rings. The molecule has 12 heteroatoms. The number of carbonyl (C=O) groups excluding carboxylic acids is 3. The van der Waals surface area contributed by atoms with Crippen molar-refractivity contribution in [3.05, 3.63) is 21.6 Å². The standard InChI is InChI=1S/C38H68N6O6/c1-8-11-13-15-16-18-20-29(19-17-14-12-9-2)25-50-36(48)42-30-23-37(5,6)26-38(7,24-30)27-40-34(46)44-33-41-28(4)31(32(45)43-33)21-22-49-35(47)39-10-3/h29-30H,8-27H2,1-7H3,(H,39,47)(H,42,48)(H3,40,41,43,44,45,46). The van der Waals surface area contributed by atoms with Gasteiger partial charge >= 0.3 is 18.2 Å². The van der Waals surface area contributed by atoms with Crippen molar-refractivity contribution in [2.24, 2.45) is 16.7 Å². The van der Waals surface area contributed by atoms with Gasteiger partial charge in [0.2, 0.25) is 5.95 Å². The van der Waals surface area contributed by atoms with Crippen molar-refractivity contribution in [3.8, 4) is 0 Å². The van der Waals surface area contributed by atoms with Crippen molar-refractivity contribution >= 4 is 24.2 Å². The number of nitrogens with zero attached hydrogens (tertiary/aromatic N) is 1. The average molecular weight is 705 g/mol. The monoisotopic (exact) mass is 705 g/mol. The highest BCUT2D eigenvalue weighted by atomic mass is 16.6. The van der Waals surface area contributed by atoms with Crippen LogP contribution in [0.1, 0.15) is 149 Å². The summed E-state index contributed by atoms with van der Waals surface area (Å²) in [5, 5.41) is 11.3. The maximum atomic E-state index is 13.1. The van der Waals surface area contributed by atoms with Gasteiger partial charge in [-0.2, -0.15) is 4.98 Å². The highest BCUT2D eigenvalue weighted by Crippen LogP contribution is 2.45. The molecule has 3 atom stereocenters. The Hall–Kier alpha value is -3.31. The van der Waals surface area contributed by atoms with E-state index in [1.54, 1.807) is 13.8 Å². The van der Waals surface area contributed by atoms with E-state index in [4.69, 9.17) is 9.47 Å². The maximum absolute atomic E-state index is 13.1. The van der Waals surface area contributed by atoms with Gasteiger partial charge in [0.1, 0.15) is 0 Å². The number of aromatic amines is 1. The van der Waals surface area contributed by atoms with Crippen LogP contribution in [0.2, 0.25) is 0 Å². The molecule has 4 amide bonds. The van der Waals surface area contributed by atoms with Crippen LogP contribution in [-0.4, -0.2) is 60.5 Å². The summed E-state index contributed by atoms with van der Waals surface area (Å²) in [7, 11) is 0. The Morgan fingerprint density at radius 1 is 0.880 bits per heavy atom. The summed E-state index contributed by atoms with van der Waals surface area (Å²) in [5.74, 6) is 0.437. The lowest BCUT2D eigenvalue weighted by Crippen LogP contribution is -2.51. The molecule has 0 aromatic carbocycles. The van der Waals surface area contributed by atoms with Crippen LogP contribution in [0.3, 0.4) is 0 Å². The number of unbranched alkanes of at least 4 members (excludes halogenated alkanes) is 8. The molecular formula is C38H68N6O6. The number of aryl methyl sites for hydroxylation is 1. The molecule has 1 aromatic rings. The molecule has 5 N–H and O–H groups in total. The van der Waals surface area contributed by atoms with Crippen molar-refractivity contribution in [3.63, 3.8) is 0 Å². The normalized spacial score (nSPS) is 18.9. The van der Waals surface area contributed by atoms with E-state index in [9.17, 15) is 19.2 Å². The minimum Gasteiger partial charge on any atom is -0.449 e. The average Bonchev–Trinajstić information content (AvgIpc) is 3.02. The Kier molecular flexibility index (Phi) is 19.3. The number of nitrogens with one attached hydrogen (secondary N) is 5. The van der Waals surface area contributed by atoms with Crippen molar-refractivity contribution in [1.82, 2.24) is 25.9 Å². The van der Waals surface area contributed by atoms with Crippen LogP contribution in [0.25, 0.3) is 0 Å². The lowest BCUT2D eigenvalue weighted by molar-refractivity contribution is 0.0635. The summed E-state index contributed by atoms with van der Waals surface area (Å²) in [5.41, 5.74) is 0.0921. The second kappa shape index (κ2) is 22.5. The first-order valence-electron chi connectivity index (χ1n) is 19.3. The molecule has 0 bridgehead atoms. The second-order valence-electron chi connectivity index (χ2n) is 15.5. The lowest BCUT2D eigenvalue weighted by Gasteiger charge is -2.46. The van der Waals surface area contributed by atoms with Gasteiger partial charge in [0.15, 0.2) is 0 Å². The molecule has 0 aliphatic heterocycles. The van der Waals surface area contributed by atoms with Crippen molar-refractivity contribution in [2.45, 2.75) is 157 Å². The largest absolute Gasteiger partial charge is 0.449 e. The van der Waals surface area contributed by atoms with Crippen LogP contribution < -0.4 is 26.8 Å². The minimum atomic E-state index is -0.544. The van der Waals surface area contributed by atoms with E-state index >= 15 is 0 Å².